The highest BCUT2D eigenvalue weighted by Gasteiger charge is 2.13. The molecule has 6 heteroatoms. The third kappa shape index (κ3) is 3.48. The van der Waals surface area contributed by atoms with Crippen molar-refractivity contribution in [2.24, 2.45) is 5.10 Å². The summed E-state index contributed by atoms with van der Waals surface area (Å²) in [6, 6.07) is 9.08. The zero-order valence-electron chi connectivity index (χ0n) is 13.0. The van der Waals surface area contributed by atoms with Crippen molar-refractivity contribution in [3.63, 3.8) is 0 Å². The van der Waals surface area contributed by atoms with E-state index in [0.29, 0.717) is 30.2 Å². The molecule has 0 unspecified atom stereocenters. The van der Waals surface area contributed by atoms with Crippen LogP contribution in [0.15, 0.2) is 41.6 Å². The lowest BCUT2D eigenvalue weighted by molar-refractivity contribution is 0.0954. The number of benzene rings is 1. The van der Waals surface area contributed by atoms with Gasteiger partial charge in [0.1, 0.15) is 13.2 Å². The average Bonchev–Trinajstić information content (AvgIpc) is 2.59. The molecule has 1 N–H and O–H groups in total. The summed E-state index contributed by atoms with van der Waals surface area (Å²) in [6.45, 7) is 4.77. The van der Waals surface area contributed by atoms with E-state index in [1.807, 2.05) is 32.0 Å². The standard InChI is InChI=1S/C17H17N3O3/c1-11-3-4-14(10-18-11)17(21)20-19-12(2)13-5-6-15-16(9-13)23-8-7-22-15/h3-6,9-10H,7-8H2,1-2H3,(H,20,21). The number of nitrogens with zero attached hydrogens (tertiary/aromatic N) is 2. The van der Waals surface area contributed by atoms with Crippen LogP contribution in [0.1, 0.15) is 28.5 Å². The molecule has 6 nitrogen and oxygen atoms in total. The highest BCUT2D eigenvalue weighted by molar-refractivity contribution is 6.01. The van der Waals surface area contributed by atoms with E-state index in [4.69, 9.17) is 9.47 Å². The zero-order chi connectivity index (χ0) is 16.2. The molecule has 0 saturated heterocycles. The van der Waals surface area contributed by atoms with Crippen LogP contribution in [-0.4, -0.2) is 29.8 Å². The monoisotopic (exact) mass is 311 g/mol. The Labute approximate surface area is 134 Å². The van der Waals surface area contributed by atoms with Gasteiger partial charge in [-0.2, -0.15) is 5.10 Å². The Hall–Kier alpha value is -2.89. The van der Waals surface area contributed by atoms with E-state index in [1.54, 1.807) is 12.1 Å². The Balaban J connectivity index is 1.72. The first-order valence-corrected chi connectivity index (χ1v) is 7.31. The minimum atomic E-state index is -0.297. The second-order valence-electron chi connectivity index (χ2n) is 5.18. The summed E-state index contributed by atoms with van der Waals surface area (Å²) in [5, 5.41) is 4.14. The van der Waals surface area contributed by atoms with Gasteiger partial charge in [-0.25, -0.2) is 5.43 Å². The quantitative estimate of drug-likeness (QED) is 0.697. The summed E-state index contributed by atoms with van der Waals surface area (Å²) in [6.07, 6.45) is 1.53. The Morgan fingerprint density at radius 3 is 2.61 bits per heavy atom. The van der Waals surface area contributed by atoms with Crippen LogP contribution in [0.3, 0.4) is 0 Å². The third-order valence-corrected chi connectivity index (χ3v) is 3.46. The SMILES string of the molecule is CC(=NNC(=O)c1ccc(C)nc1)c1ccc2c(c1)OCCO2. The number of aryl methyl sites for hydroxylation is 1. The zero-order valence-corrected chi connectivity index (χ0v) is 13.0. The summed E-state index contributed by atoms with van der Waals surface area (Å²) in [7, 11) is 0. The van der Waals surface area contributed by atoms with Crippen LogP contribution >= 0.6 is 0 Å². The fourth-order valence-electron chi connectivity index (χ4n) is 2.13. The summed E-state index contributed by atoms with van der Waals surface area (Å²) in [5.41, 5.74) is 5.39. The minimum absolute atomic E-state index is 0.297. The van der Waals surface area contributed by atoms with Crippen molar-refractivity contribution < 1.29 is 14.3 Å². The lowest BCUT2D eigenvalue weighted by atomic mass is 10.1. The number of nitrogens with one attached hydrogen (secondary N) is 1. The van der Waals surface area contributed by atoms with E-state index in [-0.39, 0.29) is 5.91 Å². The van der Waals surface area contributed by atoms with E-state index < -0.39 is 0 Å². The maximum Gasteiger partial charge on any atom is 0.272 e. The van der Waals surface area contributed by atoms with Gasteiger partial charge in [-0.3, -0.25) is 9.78 Å². The molecule has 0 spiro atoms. The second kappa shape index (κ2) is 6.48. The molecule has 1 amide bonds. The third-order valence-electron chi connectivity index (χ3n) is 3.46. The van der Waals surface area contributed by atoms with Gasteiger partial charge in [0.25, 0.3) is 5.91 Å². The topological polar surface area (TPSA) is 72.8 Å². The van der Waals surface area contributed by atoms with Crippen LogP contribution in [-0.2, 0) is 0 Å². The number of carbonyl (C=O) groups is 1. The van der Waals surface area contributed by atoms with E-state index in [1.165, 1.54) is 6.20 Å². The molecule has 0 bridgehead atoms. The Bertz CT molecular complexity index is 754. The molecule has 0 saturated carbocycles. The first kappa shape index (κ1) is 15.0. The lowest BCUT2D eigenvalue weighted by Gasteiger charge is -2.18. The number of pyridine rings is 1. The molecule has 0 radical (unpaired) electrons. The average molecular weight is 311 g/mol. The Kier molecular flexibility index (Phi) is 4.23. The number of hydrogen-bond acceptors (Lipinski definition) is 5. The normalized spacial score (nSPS) is 13.6. The Morgan fingerprint density at radius 1 is 1.13 bits per heavy atom. The summed E-state index contributed by atoms with van der Waals surface area (Å²) in [5.74, 6) is 1.12. The predicted molar refractivity (Wildman–Crippen MR) is 86.1 cm³/mol. The molecular weight excluding hydrogens is 294 g/mol. The van der Waals surface area contributed by atoms with Gasteiger partial charge in [0.15, 0.2) is 11.5 Å². The molecule has 1 aliphatic rings. The van der Waals surface area contributed by atoms with Crippen LogP contribution < -0.4 is 14.9 Å². The molecule has 0 aliphatic carbocycles. The molecule has 0 fully saturated rings. The van der Waals surface area contributed by atoms with Crippen molar-refractivity contribution in [2.75, 3.05) is 13.2 Å². The molecule has 23 heavy (non-hydrogen) atoms. The maximum atomic E-state index is 12.0. The predicted octanol–water partition coefficient (Wildman–Crippen LogP) is 2.32. The van der Waals surface area contributed by atoms with Gasteiger partial charge in [-0.15, -0.1) is 0 Å². The van der Waals surface area contributed by atoms with Crippen LogP contribution in [0.4, 0.5) is 0 Å². The Morgan fingerprint density at radius 2 is 1.87 bits per heavy atom. The number of fused-ring (bicyclic) bond motifs is 1. The van der Waals surface area contributed by atoms with Crippen molar-refractivity contribution in [3.05, 3.63) is 53.3 Å². The molecule has 1 aromatic heterocycles. The number of rotatable bonds is 3. The van der Waals surface area contributed by atoms with E-state index >= 15 is 0 Å². The number of hydrazone groups is 1. The molecule has 2 heterocycles. The number of carbonyl (C=O) groups excluding carboxylic acids is 1. The van der Waals surface area contributed by atoms with E-state index in [0.717, 1.165) is 17.0 Å². The number of ether oxygens (including phenoxy) is 2. The van der Waals surface area contributed by atoms with Crippen LogP contribution in [0.2, 0.25) is 0 Å². The smallest absolute Gasteiger partial charge is 0.272 e. The second-order valence-corrected chi connectivity index (χ2v) is 5.18. The largest absolute Gasteiger partial charge is 0.486 e. The van der Waals surface area contributed by atoms with Gasteiger partial charge < -0.3 is 9.47 Å². The van der Waals surface area contributed by atoms with Crippen molar-refractivity contribution in [1.29, 1.82) is 0 Å². The molecule has 3 rings (SSSR count). The van der Waals surface area contributed by atoms with Crippen LogP contribution in [0.25, 0.3) is 0 Å². The van der Waals surface area contributed by atoms with Gasteiger partial charge in [0.2, 0.25) is 0 Å². The van der Waals surface area contributed by atoms with Gasteiger partial charge in [-0.1, -0.05) is 0 Å². The molecule has 0 atom stereocenters. The van der Waals surface area contributed by atoms with Gasteiger partial charge in [0, 0.05) is 17.5 Å². The van der Waals surface area contributed by atoms with Crippen molar-refractivity contribution in [3.8, 4) is 11.5 Å². The molecule has 118 valence electrons. The fraction of sp³-hybridized carbons (Fsp3) is 0.235. The maximum absolute atomic E-state index is 12.0. The molecule has 1 aliphatic heterocycles. The van der Waals surface area contributed by atoms with Gasteiger partial charge >= 0.3 is 0 Å². The van der Waals surface area contributed by atoms with Crippen LogP contribution in [0, 0.1) is 6.92 Å². The summed E-state index contributed by atoms with van der Waals surface area (Å²) < 4.78 is 11.0. The summed E-state index contributed by atoms with van der Waals surface area (Å²) in [4.78, 5) is 16.1. The number of aromatic nitrogens is 1. The number of amides is 1. The minimum Gasteiger partial charge on any atom is -0.486 e. The van der Waals surface area contributed by atoms with Crippen LogP contribution in [0.5, 0.6) is 11.5 Å². The first-order valence-electron chi connectivity index (χ1n) is 7.31. The molecule has 1 aromatic carbocycles. The highest BCUT2D eigenvalue weighted by Crippen LogP contribution is 2.30. The number of hydrogen-bond donors (Lipinski definition) is 1. The lowest BCUT2D eigenvalue weighted by Crippen LogP contribution is -2.20. The first-order chi connectivity index (χ1) is 11.1. The van der Waals surface area contributed by atoms with Crippen molar-refractivity contribution >= 4 is 11.6 Å². The van der Waals surface area contributed by atoms with E-state index in [9.17, 15) is 4.79 Å². The van der Waals surface area contributed by atoms with Crippen molar-refractivity contribution in [1.82, 2.24) is 10.4 Å². The fourth-order valence-corrected chi connectivity index (χ4v) is 2.13. The molecule has 2 aromatic rings. The summed E-state index contributed by atoms with van der Waals surface area (Å²) >= 11 is 0. The van der Waals surface area contributed by atoms with E-state index in [2.05, 4.69) is 15.5 Å². The highest BCUT2D eigenvalue weighted by atomic mass is 16.6. The van der Waals surface area contributed by atoms with Gasteiger partial charge in [-0.05, 0) is 44.2 Å². The molecular formula is C17H17N3O3. The van der Waals surface area contributed by atoms with Crippen molar-refractivity contribution in [2.45, 2.75) is 13.8 Å². The van der Waals surface area contributed by atoms with Gasteiger partial charge in [0.05, 0.1) is 11.3 Å².